The van der Waals surface area contributed by atoms with Crippen LogP contribution in [0.4, 0.5) is 5.82 Å². The largest absolute Gasteiger partial charge is 0.474 e. The first-order valence-corrected chi connectivity index (χ1v) is 11.9. The molecule has 0 aliphatic heterocycles. The van der Waals surface area contributed by atoms with Gasteiger partial charge < -0.3 is 15.2 Å². The molecule has 31 heavy (non-hydrogen) atoms. The van der Waals surface area contributed by atoms with Crippen molar-refractivity contribution in [2.75, 3.05) is 11.9 Å². The molecule has 4 rings (SSSR count). The lowest BCUT2D eigenvalue weighted by Crippen LogP contribution is -2.24. The fraction of sp³-hybridized carbons (Fsp3) is 0.500. The van der Waals surface area contributed by atoms with Gasteiger partial charge in [0.15, 0.2) is 0 Å². The number of aliphatic hydroxyl groups excluding tert-OH is 1. The quantitative estimate of drug-likeness (QED) is 0.562. The molecule has 1 aromatic heterocycles. The Morgan fingerprint density at radius 3 is 2.87 bits per heavy atom. The van der Waals surface area contributed by atoms with Crippen LogP contribution in [0.25, 0.3) is 0 Å². The average Bonchev–Trinajstić information content (AvgIpc) is 3.18. The molecule has 2 aliphatic rings. The summed E-state index contributed by atoms with van der Waals surface area (Å²) < 4.78 is 32.5. The number of rotatable bonds is 7. The molecule has 0 saturated heterocycles. The van der Waals surface area contributed by atoms with Crippen LogP contribution in [-0.2, 0) is 20.9 Å². The highest BCUT2D eigenvalue weighted by molar-refractivity contribution is 7.84. The lowest BCUT2D eigenvalue weighted by molar-refractivity contribution is 0.0986. The molecule has 2 aliphatic carbocycles. The summed E-state index contributed by atoms with van der Waals surface area (Å²) in [6.45, 7) is 1.99. The Hall–Kier alpha value is -1.98. The van der Waals surface area contributed by atoms with Gasteiger partial charge in [-0.05, 0) is 42.0 Å². The van der Waals surface area contributed by atoms with Crippen molar-refractivity contribution < 1.29 is 22.4 Å². The van der Waals surface area contributed by atoms with Crippen molar-refractivity contribution in [2.24, 2.45) is 17.0 Å². The SMILES string of the molecule is C[C@H]1Cc2cc(Cl)ccc2[C@H]1Nc1cc(O[C@@H]2C[C@@H](COS(N)(=O)=O)[C@@H](O)C2)ncn1. The summed E-state index contributed by atoms with van der Waals surface area (Å²) in [6.07, 6.45) is 2.07. The number of anilines is 1. The molecule has 0 radical (unpaired) electrons. The van der Waals surface area contributed by atoms with E-state index in [-0.39, 0.29) is 24.7 Å². The van der Waals surface area contributed by atoms with Gasteiger partial charge in [0.1, 0.15) is 18.2 Å². The third kappa shape index (κ3) is 5.45. The van der Waals surface area contributed by atoms with Crippen LogP contribution in [-0.4, -0.2) is 42.3 Å². The molecule has 9 nitrogen and oxygen atoms in total. The van der Waals surface area contributed by atoms with Crippen molar-refractivity contribution in [3.8, 4) is 5.88 Å². The number of benzene rings is 1. The first kappa shape index (κ1) is 22.2. The summed E-state index contributed by atoms with van der Waals surface area (Å²) in [5.74, 6) is 1.00. The number of aromatic nitrogens is 2. The van der Waals surface area contributed by atoms with E-state index in [9.17, 15) is 13.5 Å². The first-order chi connectivity index (χ1) is 14.7. The summed E-state index contributed by atoms with van der Waals surface area (Å²) in [5.41, 5.74) is 2.44. The topological polar surface area (TPSA) is 137 Å². The van der Waals surface area contributed by atoms with Gasteiger partial charge in [-0.25, -0.2) is 15.1 Å². The van der Waals surface area contributed by atoms with Crippen molar-refractivity contribution in [1.82, 2.24) is 9.97 Å². The highest BCUT2D eigenvalue weighted by Gasteiger charge is 2.36. The van der Waals surface area contributed by atoms with Gasteiger partial charge in [-0.15, -0.1) is 0 Å². The summed E-state index contributed by atoms with van der Waals surface area (Å²) in [7, 11) is -4.04. The van der Waals surface area contributed by atoms with E-state index < -0.39 is 16.4 Å². The van der Waals surface area contributed by atoms with E-state index in [1.54, 1.807) is 6.07 Å². The highest BCUT2D eigenvalue weighted by Crippen LogP contribution is 2.39. The molecule has 2 aromatic rings. The molecule has 168 valence electrons. The van der Waals surface area contributed by atoms with Gasteiger partial charge >= 0.3 is 10.3 Å². The van der Waals surface area contributed by atoms with Gasteiger partial charge in [-0.1, -0.05) is 24.6 Å². The zero-order chi connectivity index (χ0) is 22.2. The van der Waals surface area contributed by atoms with E-state index in [2.05, 4.69) is 26.4 Å². The number of halogens is 1. The van der Waals surface area contributed by atoms with Crippen LogP contribution in [0.1, 0.15) is 36.9 Å². The first-order valence-electron chi connectivity index (χ1n) is 10.1. The van der Waals surface area contributed by atoms with E-state index in [1.165, 1.54) is 17.5 Å². The van der Waals surface area contributed by atoms with E-state index in [4.69, 9.17) is 21.5 Å². The standard InChI is InChI=1S/C20H25ClN4O5S/c1-11-4-12-5-14(21)2-3-16(12)20(11)25-18-8-19(24-10-23-18)30-15-6-13(17(26)7-15)9-29-31(22,27)28/h2-3,5,8,10-11,13,15,17,20,26H,4,6-7,9H2,1H3,(H2,22,27,28)(H,23,24,25)/t11-,13-,15+,17-,20-/m0/s1. The molecule has 0 spiro atoms. The Morgan fingerprint density at radius 2 is 2.10 bits per heavy atom. The Balaban J connectivity index is 1.39. The predicted octanol–water partition coefficient (Wildman–Crippen LogP) is 2.21. The van der Waals surface area contributed by atoms with Gasteiger partial charge in [0.05, 0.1) is 18.8 Å². The monoisotopic (exact) mass is 468 g/mol. The second-order valence-corrected chi connectivity index (χ2v) is 9.86. The molecule has 1 saturated carbocycles. The normalized spacial score (nSPS) is 27.8. The van der Waals surface area contributed by atoms with Crippen LogP contribution in [0.5, 0.6) is 5.88 Å². The second kappa shape index (κ2) is 8.87. The molecule has 1 fully saturated rings. The molecular formula is C20H25ClN4O5S. The molecule has 0 bridgehead atoms. The van der Waals surface area contributed by atoms with Gasteiger partial charge in [0, 0.05) is 23.4 Å². The molecule has 0 amide bonds. The van der Waals surface area contributed by atoms with Crippen LogP contribution in [0.15, 0.2) is 30.6 Å². The smallest absolute Gasteiger partial charge is 0.333 e. The summed E-state index contributed by atoms with van der Waals surface area (Å²) in [6, 6.07) is 7.76. The lowest BCUT2D eigenvalue weighted by Gasteiger charge is -2.20. The molecule has 1 aromatic carbocycles. The number of hydrogen-bond donors (Lipinski definition) is 3. The Bertz CT molecular complexity index is 1050. The highest BCUT2D eigenvalue weighted by atomic mass is 35.5. The number of hydrogen-bond acceptors (Lipinski definition) is 8. The maximum atomic E-state index is 11.0. The minimum absolute atomic E-state index is 0.100. The molecular weight excluding hydrogens is 444 g/mol. The zero-order valence-electron chi connectivity index (χ0n) is 16.9. The number of nitrogens with zero attached hydrogens (tertiary/aromatic N) is 2. The fourth-order valence-corrected chi connectivity index (χ4v) is 4.93. The predicted molar refractivity (Wildman–Crippen MR) is 115 cm³/mol. The van der Waals surface area contributed by atoms with Crippen LogP contribution in [0.2, 0.25) is 5.02 Å². The van der Waals surface area contributed by atoms with Crippen molar-refractivity contribution in [3.63, 3.8) is 0 Å². The molecule has 1 heterocycles. The van der Waals surface area contributed by atoms with Crippen molar-refractivity contribution in [3.05, 3.63) is 46.7 Å². The molecule has 0 unspecified atom stereocenters. The zero-order valence-corrected chi connectivity index (χ0v) is 18.5. The minimum Gasteiger partial charge on any atom is -0.474 e. The van der Waals surface area contributed by atoms with Crippen LogP contribution in [0, 0.1) is 11.8 Å². The number of ether oxygens (including phenoxy) is 1. The number of fused-ring (bicyclic) bond motifs is 1. The van der Waals surface area contributed by atoms with Gasteiger partial charge in [-0.2, -0.15) is 8.42 Å². The van der Waals surface area contributed by atoms with Crippen LogP contribution < -0.4 is 15.2 Å². The van der Waals surface area contributed by atoms with E-state index in [0.717, 1.165) is 11.4 Å². The van der Waals surface area contributed by atoms with E-state index in [1.807, 2.05) is 18.2 Å². The number of nitrogens with two attached hydrogens (primary N) is 1. The van der Waals surface area contributed by atoms with Crippen molar-refractivity contribution in [2.45, 2.75) is 44.4 Å². The third-order valence-electron chi connectivity index (χ3n) is 5.84. The summed E-state index contributed by atoms with van der Waals surface area (Å²) >= 11 is 6.12. The molecule has 4 N–H and O–H groups in total. The molecule has 11 heteroatoms. The average molecular weight is 469 g/mol. The Labute approximate surface area is 186 Å². The van der Waals surface area contributed by atoms with Crippen molar-refractivity contribution >= 4 is 27.7 Å². The van der Waals surface area contributed by atoms with Crippen LogP contribution >= 0.6 is 11.6 Å². The summed E-state index contributed by atoms with van der Waals surface area (Å²) in [5, 5.41) is 19.2. The maximum absolute atomic E-state index is 11.0. The maximum Gasteiger partial charge on any atom is 0.333 e. The Kier molecular flexibility index (Phi) is 6.36. The Morgan fingerprint density at radius 1 is 1.29 bits per heavy atom. The third-order valence-corrected chi connectivity index (χ3v) is 6.54. The number of aliphatic hydroxyl groups is 1. The fourth-order valence-electron chi connectivity index (χ4n) is 4.37. The van der Waals surface area contributed by atoms with Crippen molar-refractivity contribution in [1.29, 1.82) is 0 Å². The van der Waals surface area contributed by atoms with E-state index >= 15 is 0 Å². The summed E-state index contributed by atoms with van der Waals surface area (Å²) in [4.78, 5) is 8.48. The molecule has 5 atom stereocenters. The minimum atomic E-state index is -4.04. The van der Waals surface area contributed by atoms with Crippen LogP contribution in [0.3, 0.4) is 0 Å². The van der Waals surface area contributed by atoms with E-state index in [0.29, 0.717) is 30.5 Å². The second-order valence-electron chi connectivity index (χ2n) is 8.20. The van der Waals surface area contributed by atoms with Gasteiger partial charge in [0.25, 0.3) is 0 Å². The van der Waals surface area contributed by atoms with Gasteiger partial charge in [0.2, 0.25) is 5.88 Å². The lowest BCUT2D eigenvalue weighted by atomic mass is 10.0. The van der Waals surface area contributed by atoms with Gasteiger partial charge in [-0.3, -0.25) is 4.18 Å². The number of nitrogens with one attached hydrogen (secondary N) is 1.